The molecule has 0 saturated carbocycles. The van der Waals surface area contributed by atoms with E-state index in [1.54, 1.807) is 0 Å². The molecule has 1 aromatic carbocycles. The third kappa shape index (κ3) is 2.80. The number of carbonyl (C=O) groups is 1. The third-order valence-corrected chi connectivity index (χ3v) is 4.18. The first-order valence-corrected chi connectivity index (χ1v) is 7.34. The molecule has 2 rings (SSSR count). The Hall–Kier alpha value is -1.55. The number of carbonyl (C=O) groups excluding carboxylic acids is 1. The molecule has 1 aliphatic heterocycles. The van der Waals surface area contributed by atoms with Crippen molar-refractivity contribution < 1.29 is 9.53 Å². The number of amides is 1. The molecule has 1 fully saturated rings. The van der Waals surface area contributed by atoms with Crippen LogP contribution in [0.4, 0.5) is 5.69 Å². The van der Waals surface area contributed by atoms with Crippen LogP contribution in [-0.2, 0) is 4.79 Å². The zero-order valence-corrected chi connectivity index (χ0v) is 12.5. The molecule has 1 saturated heterocycles. The van der Waals surface area contributed by atoms with Gasteiger partial charge in [-0.05, 0) is 37.9 Å². The minimum absolute atomic E-state index is 0.0876. The van der Waals surface area contributed by atoms with Gasteiger partial charge in [-0.15, -0.1) is 0 Å². The highest BCUT2D eigenvalue weighted by Crippen LogP contribution is 2.36. The lowest BCUT2D eigenvalue weighted by Crippen LogP contribution is -2.42. The number of hydrogen-bond donors (Lipinski definition) is 2. The Kier molecular flexibility index (Phi) is 4.65. The van der Waals surface area contributed by atoms with E-state index in [0.717, 1.165) is 30.9 Å². The van der Waals surface area contributed by atoms with Crippen molar-refractivity contribution in [1.82, 2.24) is 5.32 Å². The van der Waals surface area contributed by atoms with Gasteiger partial charge in [0, 0.05) is 6.54 Å². The zero-order chi connectivity index (χ0) is 14.6. The van der Waals surface area contributed by atoms with Crippen LogP contribution in [0.1, 0.15) is 27.2 Å². The lowest BCUT2D eigenvalue weighted by Gasteiger charge is -2.31. The zero-order valence-electron chi connectivity index (χ0n) is 12.5. The van der Waals surface area contributed by atoms with Crippen LogP contribution in [0.2, 0.25) is 0 Å². The van der Waals surface area contributed by atoms with Crippen LogP contribution >= 0.6 is 0 Å². The maximum atomic E-state index is 12.7. The fourth-order valence-electron chi connectivity index (χ4n) is 2.76. The van der Waals surface area contributed by atoms with E-state index in [1.165, 1.54) is 0 Å². The van der Waals surface area contributed by atoms with Gasteiger partial charge in [-0.1, -0.05) is 26.0 Å². The van der Waals surface area contributed by atoms with Gasteiger partial charge in [0.1, 0.15) is 5.75 Å². The standard InChI is InChI=1S/C16H24N2O2/c1-4-20-14-8-6-5-7-13(14)18-15(19)16(12(2)3)9-10-17-11-16/h5-8,12,17H,4,9-11H2,1-3H3,(H,18,19). The van der Waals surface area contributed by atoms with Crippen molar-refractivity contribution in [2.75, 3.05) is 25.0 Å². The maximum Gasteiger partial charge on any atom is 0.232 e. The van der Waals surface area contributed by atoms with Gasteiger partial charge in [-0.25, -0.2) is 0 Å². The summed E-state index contributed by atoms with van der Waals surface area (Å²) in [6.45, 7) is 8.40. The molecule has 2 N–H and O–H groups in total. The highest BCUT2D eigenvalue weighted by atomic mass is 16.5. The van der Waals surface area contributed by atoms with Crippen LogP contribution in [0.25, 0.3) is 0 Å². The molecule has 1 heterocycles. The monoisotopic (exact) mass is 276 g/mol. The van der Waals surface area contributed by atoms with E-state index in [4.69, 9.17) is 4.74 Å². The lowest BCUT2D eigenvalue weighted by atomic mass is 9.75. The Morgan fingerprint density at radius 3 is 2.80 bits per heavy atom. The second-order valence-corrected chi connectivity index (χ2v) is 5.62. The predicted molar refractivity (Wildman–Crippen MR) is 81.0 cm³/mol. The molecule has 0 spiro atoms. The van der Waals surface area contributed by atoms with Gasteiger partial charge in [-0.2, -0.15) is 0 Å². The first kappa shape index (κ1) is 14.9. The van der Waals surface area contributed by atoms with Crippen LogP contribution < -0.4 is 15.4 Å². The number of para-hydroxylation sites is 2. The molecule has 0 aromatic heterocycles. The summed E-state index contributed by atoms with van der Waals surface area (Å²) >= 11 is 0. The minimum Gasteiger partial charge on any atom is -0.492 e. The fraction of sp³-hybridized carbons (Fsp3) is 0.562. The number of anilines is 1. The van der Waals surface area contributed by atoms with Gasteiger partial charge >= 0.3 is 0 Å². The summed E-state index contributed by atoms with van der Waals surface area (Å²) in [7, 11) is 0. The molecule has 1 atom stereocenters. The summed E-state index contributed by atoms with van der Waals surface area (Å²) in [5, 5.41) is 6.36. The van der Waals surface area contributed by atoms with Crippen LogP contribution in [-0.4, -0.2) is 25.6 Å². The van der Waals surface area contributed by atoms with Crippen molar-refractivity contribution in [2.45, 2.75) is 27.2 Å². The smallest absolute Gasteiger partial charge is 0.232 e. The van der Waals surface area contributed by atoms with Crippen molar-refractivity contribution in [3.05, 3.63) is 24.3 Å². The largest absolute Gasteiger partial charge is 0.492 e. The number of nitrogens with one attached hydrogen (secondary N) is 2. The third-order valence-electron chi connectivity index (χ3n) is 4.18. The average molecular weight is 276 g/mol. The molecule has 1 unspecified atom stereocenters. The molecule has 1 aromatic rings. The van der Waals surface area contributed by atoms with Crippen LogP contribution in [0.15, 0.2) is 24.3 Å². The Balaban J connectivity index is 2.19. The van der Waals surface area contributed by atoms with Crippen LogP contribution in [0.5, 0.6) is 5.75 Å². The Bertz CT molecular complexity index is 465. The normalized spacial score (nSPS) is 22.0. The summed E-state index contributed by atoms with van der Waals surface area (Å²) in [4.78, 5) is 12.7. The van der Waals surface area contributed by atoms with Gasteiger partial charge in [0.25, 0.3) is 0 Å². The molecule has 0 radical (unpaired) electrons. The first-order valence-electron chi connectivity index (χ1n) is 7.34. The molecule has 4 nitrogen and oxygen atoms in total. The van der Waals surface area contributed by atoms with Gasteiger partial charge in [0.15, 0.2) is 0 Å². The molecule has 0 bridgehead atoms. The Labute approximate surface area is 120 Å². The van der Waals surface area contributed by atoms with E-state index in [2.05, 4.69) is 24.5 Å². The highest BCUT2D eigenvalue weighted by molar-refractivity contribution is 5.97. The molecule has 1 amide bonds. The molecular formula is C16H24N2O2. The molecular weight excluding hydrogens is 252 g/mol. The second kappa shape index (κ2) is 6.27. The number of hydrogen-bond acceptors (Lipinski definition) is 3. The summed E-state index contributed by atoms with van der Waals surface area (Å²) in [6, 6.07) is 7.59. The summed E-state index contributed by atoms with van der Waals surface area (Å²) in [5.41, 5.74) is 0.436. The quantitative estimate of drug-likeness (QED) is 0.869. The Morgan fingerprint density at radius 1 is 1.45 bits per heavy atom. The van der Waals surface area contributed by atoms with E-state index >= 15 is 0 Å². The van der Waals surface area contributed by atoms with Crippen LogP contribution in [0, 0.1) is 11.3 Å². The molecule has 1 aliphatic rings. The maximum absolute atomic E-state index is 12.7. The number of rotatable bonds is 5. The van der Waals surface area contributed by atoms with Gasteiger partial charge < -0.3 is 15.4 Å². The fourth-order valence-corrected chi connectivity index (χ4v) is 2.76. The van der Waals surface area contributed by atoms with E-state index in [1.807, 2.05) is 31.2 Å². The SMILES string of the molecule is CCOc1ccccc1NC(=O)C1(C(C)C)CCNC1. The van der Waals surface area contributed by atoms with E-state index < -0.39 is 0 Å². The summed E-state index contributed by atoms with van der Waals surface area (Å²) in [6.07, 6.45) is 0.882. The number of ether oxygens (including phenoxy) is 1. The van der Waals surface area contributed by atoms with E-state index in [9.17, 15) is 4.79 Å². The minimum atomic E-state index is -0.320. The van der Waals surface area contributed by atoms with E-state index in [-0.39, 0.29) is 11.3 Å². The predicted octanol–water partition coefficient (Wildman–Crippen LogP) is 2.66. The van der Waals surface area contributed by atoms with Crippen molar-refractivity contribution in [3.63, 3.8) is 0 Å². The first-order chi connectivity index (χ1) is 9.60. The van der Waals surface area contributed by atoms with Gasteiger partial charge in [-0.3, -0.25) is 4.79 Å². The molecule has 20 heavy (non-hydrogen) atoms. The van der Waals surface area contributed by atoms with E-state index in [0.29, 0.717) is 12.5 Å². The average Bonchev–Trinajstić information content (AvgIpc) is 2.92. The molecule has 110 valence electrons. The van der Waals surface area contributed by atoms with Crippen molar-refractivity contribution in [1.29, 1.82) is 0 Å². The number of benzene rings is 1. The molecule has 4 heteroatoms. The van der Waals surface area contributed by atoms with Gasteiger partial charge in [0.05, 0.1) is 17.7 Å². The van der Waals surface area contributed by atoms with Crippen LogP contribution in [0.3, 0.4) is 0 Å². The van der Waals surface area contributed by atoms with Crippen molar-refractivity contribution in [2.24, 2.45) is 11.3 Å². The summed E-state index contributed by atoms with van der Waals surface area (Å²) in [5.74, 6) is 1.12. The van der Waals surface area contributed by atoms with Gasteiger partial charge in [0.2, 0.25) is 5.91 Å². The Morgan fingerprint density at radius 2 is 2.20 bits per heavy atom. The second-order valence-electron chi connectivity index (χ2n) is 5.62. The van der Waals surface area contributed by atoms with Crippen molar-refractivity contribution >= 4 is 11.6 Å². The molecule has 0 aliphatic carbocycles. The lowest BCUT2D eigenvalue weighted by molar-refractivity contribution is -0.126. The van der Waals surface area contributed by atoms with Crippen molar-refractivity contribution in [3.8, 4) is 5.75 Å². The summed E-state index contributed by atoms with van der Waals surface area (Å²) < 4.78 is 5.56. The highest BCUT2D eigenvalue weighted by Gasteiger charge is 2.44. The topological polar surface area (TPSA) is 50.4 Å².